The van der Waals surface area contributed by atoms with E-state index in [4.69, 9.17) is 9.47 Å². The van der Waals surface area contributed by atoms with Crippen LogP contribution in [0.25, 0.3) is 0 Å². The predicted octanol–water partition coefficient (Wildman–Crippen LogP) is 1.91. The van der Waals surface area contributed by atoms with E-state index < -0.39 is 34.8 Å². The van der Waals surface area contributed by atoms with E-state index in [-0.39, 0.29) is 30.6 Å². The van der Waals surface area contributed by atoms with Gasteiger partial charge in [0.05, 0.1) is 6.10 Å². The van der Waals surface area contributed by atoms with Crippen molar-refractivity contribution >= 4 is 11.8 Å². The highest BCUT2D eigenvalue weighted by molar-refractivity contribution is 6.01. The Kier molecular flexibility index (Phi) is 4.41. The summed E-state index contributed by atoms with van der Waals surface area (Å²) in [4.78, 5) is 25.8. The number of esters is 1. The van der Waals surface area contributed by atoms with Gasteiger partial charge < -0.3 is 19.7 Å². The molecule has 3 rings (SSSR count). The molecule has 26 heavy (non-hydrogen) atoms. The Bertz CT molecular complexity index is 678. The molecule has 6 nitrogen and oxygen atoms in total. The monoisotopic (exact) mass is 366 g/mol. The summed E-state index contributed by atoms with van der Waals surface area (Å²) in [6, 6.07) is 0. The van der Waals surface area contributed by atoms with Crippen LogP contribution in [0.15, 0.2) is 11.1 Å². The van der Waals surface area contributed by atoms with Crippen molar-refractivity contribution in [2.45, 2.75) is 89.8 Å². The van der Waals surface area contributed by atoms with Crippen molar-refractivity contribution in [2.75, 3.05) is 0 Å². The molecule has 0 spiro atoms. The minimum Gasteiger partial charge on any atom is -0.457 e. The Labute approximate surface area is 154 Å². The van der Waals surface area contributed by atoms with Gasteiger partial charge in [-0.3, -0.25) is 4.79 Å². The summed E-state index contributed by atoms with van der Waals surface area (Å²) in [5, 5.41) is 22.7. The molecule has 2 fully saturated rings. The van der Waals surface area contributed by atoms with Crippen LogP contribution in [0.4, 0.5) is 0 Å². The number of carbonyl (C=O) groups excluding carboxylic acids is 2. The smallest absolute Gasteiger partial charge is 0.341 e. The number of fused-ring (bicyclic) bond motifs is 1. The lowest BCUT2D eigenvalue weighted by Crippen LogP contribution is -2.60. The van der Waals surface area contributed by atoms with Gasteiger partial charge in [0, 0.05) is 11.5 Å². The normalized spacial score (nSPS) is 45.6. The van der Waals surface area contributed by atoms with Crippen LogP contribution in [0.5, 0.6) is 0 Å². The molecule has 1 aliphatic heterocycles. The van der Waals surface area contributed by atoms with Crippen LogP contribution < -0.4 is 0 Å². The Morgan fingerprint density at radius 3 is 2.38 bits per heavy atom. The van der Waals surface area contributed by atoms with Crippen molar-refractivity contribution in [1.82, 2.24) is 0 Å². The van der Waals surface area contributed by atoms with Gasteiger partial charge >= 0.3 is 5.97 Å². The second kappa shape index (κ2) is 5.88. The van der Waals surface area contributed by atoms with E-state index in [1.54, 1.807) is 13.8 Å². The minimum atomic E-state index is -1.76. The van der Waals surface area contributed by atoms with Gasteiger partial charge in [-0.15, -0.1) is 0 Å². The van der Waals surface area contributed by atoms with Crippen LogP contribution in [0.3, 0.4) is 0 Å². The van der Waals surface area contributed by atoms with Gasteiger partial charge in [0.15, 0.2) is 11.4 Å². The number of hydrogen-bond donors (Lipinski definition) is 2. The molecule has 6 heteroatoms. The van der Waals surface area contributed by atoms with Gasteiger partial charge in [0.1, 0.15) is 17.3 Å². The number of Topliss-reactive ketones (excluding diaryl/α,β-unsaturated/α-hetero) is 1. The van der Waals surface area contributed by atoms with Crippen molar-refractivity contribution < 1.29 is 29.3 Å². The molecule has 3 aliphatic rings. The fourth-order valence-corrected chi connectivity index (χ4v) is 4.44. The van der Waals surface area contributed by atoms with Crippen LogP contribution in [-0.2, 0) is 19.1 Å². The SMILES string of the molecule is CC1=C2C(=O)[C@H](C(C)C)C[C@H](OC(=O)[C@@]3(C)O[C@H]3C)[C@@](C)(O)[C@]2(O)CC1. The number of ketones is 1. The molecule has 146 valence electrons. The molecule has 0 unspecified atom stereocenters. The molecule has 6 atom stereocenters. The molecule has 0 aromatic heterocycles. The molecule has 1 saturated heterocycles. The van der Waals surface area contributed by atoms with Gasteiger partial charge in [0.2, 0.25) is 0 Å². The predicted molar refractivity (Wildman–Crippen MR) is 94.3 cm³/mol. The zero-order chi connectivity index (χ0) is 19.7. The lowest BCUT2D eigenvalue weighted by atomic mass is 9.76. The maximum Gasteiger partial charge on any atom is 0.341 e. The molecule has 0 amide bonds. The highest BCUT2D eigenvalue weighted by Gasteiger charge is 2.64. The molecule has 0 bridgehead atoms. The highest BCUT2D eigenvalue weighted by atomic mass is 16.7. The number of epoxide rings is 1. The number of hydrogen-bond acceptors (Lipinski definition) is 6. The quantitative estimate of drug-likeness (QED) is 0.585. The van der Waals surface area contributed by atoms with Gasteiger partial charge in [-0.25, -0.2) is 4.79 Å². The number of carbonyl (C=O) groups is 2. The molecular formula is C20H30O6. The maximum absolute atomic E-state index is 13.2. The Balaban J connectivity index is 2.02. The lowest BCUT2D eigenvalue weighted by Gasteiger charge is -2.42. The molecule has 2 N–H and O–H groups in total. The van der Waals surface area contributed by atoms with Crippen LogP contribution in [-0.4, -0.2) is 51.0 Å². The van der Waals surface area contributed by atoms with E-state index >= 15 is 0 Å². The fraction of sp³-hybridized carbons (Fsp3) is 0.800. The zero-order valence-electron chi connectivity index (χ0n) is 16.5. The largest absolute Gasteiger partial charge is 0.457 e. The Morgan fingerprint density at radius 2 is 1.88 bits per heavy atom. The van der Waals surface area contributed by atoms with Crippen LogP contribution in [0.2, 0.25) is 0 Å². The topological polar surface area (TPSA) is 96.4 Å². The van der Waals surface area contributed by atoms with E-state index in [2.05, 4.69) is 0 Å². The third-order valence-electron chi connectivity index (χ3n) is 6.82. The number of allylic oxidation sites excluding steroid dienone is 1. The summed E-state index contributed by atoms with van der Waals surface area (Å²) in [5.41, 5.74) is -3.38. The maximum atomic E-state index is 13.2. The van der Waals surface area contributed by atoms with Crippen molar-refractivity contribution in [3.63, 3.8) is 0 Å². The average Bonchev–Trinajstić information content (AvgIpc) is 3.04. The Hall–Kier alpha value is -1.24. The van der Waals surface area contributed by atoms with E-state index in [9.17, 15) is 19.8 Å². The molecule has 1 saturated carbocycles. The molecule has 0 radical (unpaired) electrons. The number of aliphatic hydroxyl groups is 2. The second-order valence-electron chi connectivity index (χ2n) is 8.87. The van der Waals surface area contributed by atoms with E-state index in [0.717, 1.165) is 5.57 Å². The minimum absolute atomic E-state index is 0.00515. The first kappa shape index (κ1) is 19.5. The van der Waals surface area contributed by atoms with Gasteiger partial charge in [-0.05, 0) is 52.9 Å². The molecular weight excluding hydrogens is 336 g/mol. The number of rotatable bonds is 3. The molecule has 0 aromatic carbocycles. The first-order valence-corrected chi connectivity index (χ1v) is 9.44. The first-order valence-electron chi connectivity index (χ1n) is 9.44. The highest BCUT2D eigenvalue weighted by Crippen LogP contribution is 2.51. The van der Waals surface area contributed by atoms with E-state index in [1.807, 2.05) is 20.8 Å². The molecule has 2 aliphatic carbocycles. The summed E-state index contributed by atoms with van der Waals surface area (Å²) < 4.78 is 11.0. The number of ether oxygens (including phenoxy) is 2. The van der Waals surface area contributed by atoms with Gasteiger partial charge in [-0.2, -0.15) is 0 Å². The lowest BCUT2D eigenvalue weighted by molar-refractivity contribution is -0.200. The average molecular weight is 366 g/mol. The standard InChI is InChI=1S/C20H30O6/c1-10(2)13-9-14(25-17(22)18(5)12(4)26-18)19(6,23)20(24)8-7-11(3)15(20)16(13)21/h10,12-14,23-24H,7-9H2,1-6H3/t12-,13-,14-,18-,19+,20-/m0/s1. The van der Waals surface area contributed by atoms with Gasteiger partial charge in [-0.1, -0.05) is 19.4 Å². The fourth-order valence-electron chi connectivity index (χ4n) is 4.44. The molecule has 0 aromatic rings. The second-order valence-corrected chi connectivity index (χ2v) is 8.87. The zero-order valence-corrected chi connectivity index (χ0v) is 16.5. The van der Waals surface area contributed by atoms with E-state index in [1.165, 1.54) is 6.92 Å². The van der Waals surface area contributed by atoms with Crippen molar-refractivity contribution in [3.8, 4) is 0 Å². The third kappa shape index (κ3) is 2.57. The van der Waals surface area contributed by atoms with Crippen molar-refractivity contribution in [3.05, 3.63) is 11.1 Å². The summed E-state index contributed by atoms with van der Waals surface area (Å²) in [5.74, 6) is -1.13. The van der Waals surface area contributed by atoms with Crippen LogP contribution in [0, 0.1) is 11.8 Å². The van der Waals surface area contributed by atoms with E-state index in [0.29, 0.717) is 12.0 Å². The summed E-state index contributed by atoms with van der Waals surface area (Å²) >= 11 is 0. The van der Waals surface area contributed by atoms with Gasteiger partial charge in [0.25, 0.3) is 0 Å². The third-order valence-corrected chi connectivity index (χ3v) is 6.82. The summed E-state index contributed by atoms with van der Waals surface area (Å²) in [6.07, 6.45) is -0.278. The summed E-state index contributed by atoms with van der Waals surface area (Å²) in [7, 11) is 0. The Morgan fingerprint density at radius 1 is 1.31 bits per heavy atom. The first-order chi connectivity index (χ1) is 11.9. The van der Waals surface area contributed by atoms with Crippen LogP contribution >= 0.6 is 0 Å². The van der Waals surface area contributed by atoms with Crippen molar-refractivity contribution in [2.24, 2.45) is 11.8 Å². The summed E-state index contributed by atoms with van der Waals surface area (Å²) in [6.45, 7) is 10.6. The van der Waals surface area contributed by atoms with Crippen molar-refractivity contribution in [1.29, 1.82) is 0 Å². The molecule has 1 heterocycles. The van der Waals surface area contributed by atoms with Crippen LogP contribution in [0.1, 0.15) is 60.8 Å².